The number of carboxylic acids is 1. The fourth-order valence-electron chi connectivity index (χ4n) is 4.96. The van der Waals surface area contributed by atoms with Gasteiger partial charge in [0.05, 0.1) is 0 Å². The molecule has 3 aromatic carbocycles. The minimum Gasteiger partial charge on any atom is -0.480 e. The lowest BCUT2D eigenvalue weighted by atomic mass is 9.72. The molecule has 1 atom stereocenters. The van der Waals surface area contributed by atoms with Crippen molar-refractivity contribution in [3.63, 3.8) is 0 Å². The van der Waals surface area contributed by atoms with Gasteiger partial charge in [0, 0.05) is 13.0 Å². The number of benzene rings is 3. The molecule has 0 bridgehead atoms. The number of carbonyl (C=O) groups is 4. The van der Waals surface area contributed by atoms with Crippen molar-refractivity contribution in [3.8, 4) is 0 Å². The molecule has 1 saturated heterocycles. The molecule has 0 aliphatic carbocycles. The van der Waals surface area contributed by atoms with E-state index in [1.165, 1.54) is 0 Å². The van der Waals surface area contributed by atoms with Gasteiger partial charge in [-0.2, -0.15) is 0 Å². The Morgan fingerprint density at radius 2 is 1.22 bits per heavy atom. The minimum atomic E-state index is -1.67. The molecule has 0 aromatic heterocycles. The molecule has 1 aliphatic rings. The quantitative estimate of drug-likeness (QED) is 0.419. The third-order valence-electron chi connectivity index (χ3n) is 6.73. The van der Waals surface area contributed by atoms with E-state index in [9.17, 15) is 24.3 Å². The van der Waals surface area contributed by atoms with E-state index < -0.39 is 35.3 Å². The highest BCUT2D eigenvalue weighted by Gasteiger charge is 2.59. The summed E-state index contributed by atoms with van der Waals surface area (Å²) >= 11 is 0. The van der Waals surface area contributed by atoms with Gasteiger partial charge < -0.3 is 5.11 Å². The number of rotatable bonds is 10. The average molecular weight is 499 g/mol. The van der Waals surface area contributed by atoms with Crippen LogP contribution in [0, 0.1) is 5.41 Å². The topological polar surface area (TPSA) is 95.0 Å². The highest BCUT2D eigenvalue weighted by molar-refractivity contribution is 6.20. The molecule has 0 spiro atoms. The maximum atomic E-state index is 14.4. The van der Waals surface area contributed by atoms with E-state index in [1.54, 1.807) is 24.3 Å². The Kier molecular flexibility index (Phi) is 7.82. The summed E-state index contributed by atoms with van der Waals surface area (Å²) in [4.78, 5) is 56.4. The first-order valence-corrected chi connectivity index (χ1v) is 12.4. The molecule has 1 N–H and O–H groups in total. The second-order valence-electron chi connectivity index (χ2n) is 9.37. The Balaban J connectivity index is 1.86. The Labute approximate surface area is 216 Å². The third-order valence-corrected chi connectivity index (χ3v) is 6.73. The van der Waals surface area contributed by atoms with Crippen LogP contribution in [-0.4, -0.2) is 51.3 Å². The van der Waals surface area contributed by atoms with Crippen molar-refractivity contribution >= 4 is 23.8 Å². The number of amides is 4. The monoisotopic (exact) mass is 498 g/mol. The van der Waals surface area contributed by atoms with Gasteiger partial charge in [0.25, 0.3) is 0 Å². The van der Waals surface area contributed by atoms with E-state index >= 15 is 0 Å². The summed E-state index contributed by atoms with van der Waals surface area (Å²) in [6.45, 7) is 1.92. The largest absolute Gasteiger partial charge is 0.480 e. The second-order valence-corrected chi connectivity index (χ2v) is 9.37. The van der Waals surface area contributed by atoms with Crippen LogP contribution in [0.1, 0.15) is 30.0 Å². The van der Waals surface area contributed by atoms with E-state index in [4.69, 9.17) is 0 Å². The van der Waals surface area contributed by atoms with E-state index in [0.717, 1.165) is 20.9 Å². The normalized spacial score (nSPS) is 16.1. The highest BCUT2D eigenvalue weighted by atomic mass is 16.4. The number of aliphatic carboxylic acids is 1. The van der Waals surface area contributed by atoms with Gasteiger partial charge in [0.15, 0.2) is 0 Å². The molecule has 7 nitrogen and oxygen atoms in total. The zero-order valence-electron chi connectivity index (χ0n) is 20.7. The van der Waals surface area contributed by atoms with Gasteiger partial charge in [-0.25, -0.2) is 14.5 Å². The maximum absolute atomic E-state index is 14.4. The summed E-state index contributed by atoms with van der Waals surface area (Å²) in [5.74, 6) is -2.66. The predicted molar refractivity (Wildman–Crippen MR) is 139 cm³/mol. The summed E-state index contributed by atoms with van der Waals surface area (Å²) in [7, 11) is 0. The van der Waals surface area contributed by atoms with Crippen LogP contribution in [0.4, 0.5) is 4.79 Å². The molecule has 4 amide bonds. The first-order valence-electron chi connectivity index (χ1n) is 12.4. The number of barbiturate groups is 1. The van der Waals surface area contributed by atoms with Gasteiger partial charge >= 0.3 is 12.0 Å². The van der Waals surface area contributed by atoms with Crippen molar-refractivity contribution in [2.45, 2.75) is 38.6 Å². The summed E-state index contributed by atoms with van der Waals surface area (Å²) in [6.07, 6.45) is 0.501. The molecular weight excluding hydrogens is 468 g/mol. The molecule has 4 rings (SSSR count). The number of imide groups is 2. The summed E-state index contributed by atoms with van der Waals surface area (Å²) in [5, 5.41) is 10.2. The minimum absolute atomic E-state index is 0.0437. The van der Waals surface area contributed by atoms with Crippen LogP contribution < -0.4 is 0 Å². The number of hydrogen-bond donors (Lipinski definition) is 1. The molecule has 37 heavy (non-hydrogen) atoms. The van der Waals surface area contributed by atoms with Crippen molar-refractivity contribution in [3.05, 3.63) is 108 Å². The molecular formula is C30H30N2O5. The second kappa shape index (κ2) is 11.2. The molecule has 1 heterocycles. The van der Waals surface area contributed by atoms with Gasteiger partial charge in [-0.1, -0.05) is 97.9 Å². The van der Waals surface area contributed by atoms with Crippen molar-refractivity contribution in [1.29, 1.82) is 0 Å². The average Bonchev–Trinajstić information content (AvgIpc) is 2.91. The lowest BCUT2D eigenvalue weighted by molar-refractivity contribution is -0.165. The molecule has 3 aromatic rings. The van der Waals surface area contributed by atoms with E-state index in [-0.39, 0.29) is 25.8 Å². The standard InChI is InChI=1S/C30H30N2O5/c1-2-18-31-27(35)30(20-23-14-8-4-9-15-23,21-24-16-10-5-11-17-24)28(36)32(29(31)37)25(26(33)34)19-22-12-6-3-7-13-22/h3-17,25H,2,18-21H2,1H3,(H,33,34). The lowest BCUT2D eigenvalue weighted by Crippen LogP contribution is -2.69. The van der Waals surface area contributed by atoms with Crippen LogP contribution in [0.5, 0.6) is 0 Å². The van der Waals surface area contributed by atoms with Gasteiger partial charge in [-0.15, -0.1) is 0 Å². The van der Waals surface area contributed by atoms with Gasteiger partial charge in [0.2, 0.25) is 11.8 Å². The van der Waals surface area contributed by atoms with Crippen molar-refractivity contribution in [2.24, 2.45) is 5.41 Å². The number of carbonyl (C=O) groups excluding carboxylic acids is 3. The number of carboxylic acid groups (broad SMARTS) is 1. The van der Waals surface area contributed by atoms with Gasteiger partial charge in [0.1, 0.15) is 11.5 Å². The van der Waals surface area contributed by atoms with E-state index in [0.29, 0.717) is 12.0 Å². The first-order chi connectivity index (χ1) is 17.9. The lowest BCUT2D eigenvalue weighted by Gasteiger charge is -2.46. The molecule has 1 aliphatic heterocycles. The summed E-state index contributed by atoms with van der Waals surface area (Å²) < 4.78 is 0. The SMILES string of the molecule is CCCN1C(=O)N(C(Cc2ccccc2)C(=O)O)C(=O)C(Cc2ccccc2)(Cc2ccccc2)C1=O. The fourth-order valence-corrected chi connectivity index (χ4v) is 4.96. The zero-order chi connectivity index (χ0) is 26.4. The van der Waals surface area contributed by atoms with Crippen LogP contribution in [0.3, 0.4) is 0 Å². The number of urea groups is 1. The van der Waals surface area contributed by atoms with Crippen molar-refractivity contribution < 1.29 is 24.3 Å². The fraction of sp³-hybridized carbons (Fsp3) is 0.267. The van der Waals surface area contributed by atoms with Crippen LogP contribution in [0.2, 0.25) is 0 Å². The van der Waals surface area contributed by atoms with Gasteiger partial charge in [-0.05, 0) is 36.0 Å². The first kappa shape index (κ1) is 25.8. The highest BCUT2D eigenvalue weighted by Crippen LogP contribution is 2.38. The Bertz CT molecular complexity index is 1220. The van der Waals surface area contributed by atoms with Crippen LogP contribution in [-0.2, 0) is 33.6 Å². The Hall–Kier alpha value is -4.26. The molecule has 0 radical (unpaired) electrons. The Morgan fingerprint density at radius 3 is 1.65 bits per heavy atom. The molecule has 0 saturated carbocycles. The Morgan fingerprint density at radius 1 is 0.757 bits per heavy atom. The summed E-state index contributed by atoms with van der Waals surface area (Å²) in [5.41, 5.74) is 0.503. The smallest absolute Gasteiger partial charge is 0.334 e. The molecule has 1 fully saturated rings. The molecule has 190 valence electrons. The summed E-state index contributed by atoms with van der Waals surface area (Å²) in [6, 6.07) is 24.8. The molecule has 1 unspecified atom stereocenters. The maximum Gasteiger partial charge on any atom is 0.334 e. The number of nitrogens with zero attached hydrogens (tertiary/aromatic N) is 2. The van der Waals surface area contributed by atoms with Crippen LogP contribution >= 0.6 is 0 Å². The van der Waals surface area contributed by atoms with Crippen molar-refractivity contribution in [1.82, 2.24) is 9.80 Å². The third kappa shape index (κ3) is 5.31. The van der Waals surface area contributed by atoms with Crippen LogP contribution in [0.15, 0.2) is 91.0 Å². The predicted octanol–water partition coefficient (Wildman–Crippen LogP) is 4.35. The van der Waals surface area contributed by atoms with Crippen LogP contribution in [0.25, 0.3) is 0 Å². The molecule has 7 heteroatoms. The van der Waals surface area contributed by atoms with Gasteiger partial charge in [-0.3, -0.25) is 14.5 Å². The van der Waals surface area contributed by atoms with Crippen molar-refractivity contribution in [2.75, 3.05) is 6.54 Å². The zero-order valence-corrected chi connectivity index (χ0v) is 20.7. The van der Waals surface area contributed by atoms with E-state index in [1.807, 2.05) is 73.7 Å². The van der Waals surface area contributed by atoms with E-state index in [2.05, 4.69) is 0 Å². The number of hydrogen-bond acceptors (Lipinski definition) is 4.